The zero-order chi connectivity index (χ0) is 12.0. The van der Waals surface area contributed by atoms with Gasteiger partial charge in [-0.15, -0.1) is 0 Å². The van der Waals surface area contributed by atoms with Crippen molar-refractivity contribution in [3.05, 3.63) is 29.0 Å². The quantitative estimate of drug-likeness (QED) is 0.627. The van der Waals surface area contributed by atoms with Gasteiger partial charge in [-0.1, -0.05) is 11.6 Å². The van der Waals surface area contributed by atoms with Gasteiger partial charge < -0.3 is 10.2 Å². The summed E-state index contributed by atoms with van der Waals surface area (Å²) < 4.78 is 0. The summed E-state index contributed by atoms with van der Waals surface area (Å²) in [6.07, 6.45) is 2.47. The van der Waals surface area contributed by atoms with Crippen LogP contribution >= 0.6 is 11.6 Å². The average molecular weight is 242 g/mol. The van der Waals surface area contributed by atoms with Crippen molar-refractivity contribution in [3.8, 4) is 0 Å². The third-order valence-electron chi connectivity index (χ3n) is 2.07. The van der Waals surface area contributed by atoms with Gasteiger partial charge in [0, 0.05) is 12.7 Å². The average Bonchev–Trinajstić information content (AvgIpc) is 2.24. The molecule has 1 amide bonds. The van der Waals surface area contributed by atoms with Crippen LogP contribution in [0.25, 0.3) is 0 Å². The molecule has 0 aliphatic heterocycles. The minimum absolute atomic E-state index is 0.170. The van der Waals surface area contributed by atoms with E-state index in [1.807, 2.05) is 14.1 Å². The maximum Gasteiger partial charge on any atom is 0.254 e. The highest BCUT2D eigenvalue weighted by Crippen LogP contribution is 2.10. The van der Waals surface area contributed by atoms with Crippen LogP contribution in [0, 0.1) is 0 Å². The number of pyridine rings is 1. The van der Waals surface area contributed by atoms with Crippen molar-refractivity contribution in [2.24, 2.45) is 0 Å². The lowest BCUT2D eigenvalue weighted by molar-refractivity contribution is 0.0952. The molecule has 0 bridgehead atoms. The zero-order valence-electron chi connectivity index (χ0n) is 9.53. The largest absolute Gasteiger partial charge is 0.352 e. The molecular weight excluding hydrogens is 226 g/mol. The number of nitrogens with zero attached hydrogens (tertiary/aromatic N) is 2. The number of aromatic nitrogens is 1. The number of carbonyl (C=O) groups excluding carboxylic acids is 1. The Bertz CT molecular complexity index is 355. The smallest absolute Gasteiger partial charge is 0.254 e. The molecule has 1 N–H and O–H groups in total. The molecule has 0 radical (unpaired) electrons. The Morgan fingerprint density at radius 1 is 1.56 bits per heavy atom. The zero-order valence-corrected chi connectivity index (χ0v) is 10.3. The summed E-state index contributed by atoms with van der Waals surface area (Å²) in [5.41, 5.74) is 0.425. The van der Waals surface area contributed by atoms with E-state index < -0.39 is 0 Å². The van der Waals surface area contributed by atoms with Gasteiger partial charge in [-0.3, -0.25) is 4.79 Å². The van der Waals surface area contributed by atoms with E-state index in [-0.39, 0.29) is 11.1 Å². The second kappa shape index (κ2) is 6.45. The molecule has 0 atom stereocenters. The molecule has 0 aromatic carbocycles. The summed E-state index contributed by atoms with van der Waals surface area (Å²) in [5, 5.41) is 3.05. The SMILES string of the molecule is CN(C)CCCNC(=O)c1cccnc1Cl. The highest BCUT2D eigenvalue weighted by Gasteiger charge is 2.09. The molecule has 1 heterocycles. The van der Waals surface area contributed by atoms with Gasteiger partial charge in [0.15, 0.2) is 0 Å². The molecule has 0 unspecified atom stereocenters. The second-order valence-corrected chi connectivity index (χ2v) is 4.11. The van der Waals surface area contributed by atoms with Crippen molar-refractivity contribution in [1.29, 1.82) is 0 Å². The predicted molar refractivity (Wildman–Crippen MR) is 64.8 cm³/mol. The third kappa shape index (κ3) is 4.16. The molecule has 5 heteroatoms. The number of halogens is 1. The maximum absolute atomic E-state index is 11.7. The first-order chi connectivity index (χ1) is 7.61. The Hall–Kier alpha value is -1.13. The first-order valence-corrected chi connectivity index (χ1v) is 5.52. The van der Waals surface area contributed by atoms with Crippen molar-refractivity contribution >= 4 is 17.5 Å². The monoisotopic (exact) mass is 241 g/mol. The number of nitrogens with one attached hydrogen (secondary N) is 1. The first kappa shape index (κ1) is 12.9. The van der Waals surface area contributed by atoms with E-state index in [0.29, 0.717) is 12.1 Å². The number of hydrogen-bond acceptors (Lipinski definition) is 3. The van der Waals surface area contributed by atoms with Crippen LogP contribution < -0.4 is 5.32 Å². The molecule has 0 saturated heterocycles. The standard InChI is InChI=1S/C11H16ClN3O/c1-15(2)8-4-7-14-11(16)9-5-3-6-13-10(9)12/h3,5-6H,4,7-8H2,1-2H3,(H,14,16). The Morgan fingerprint density at radius 3 is 2.94 bits per heavy atom. The van der Waals surface area contributed by atoms with E-state index in [2.05, 4.69) is 15.2 Å². The van der Waals surface area contributed by atoms with Crippen LogP contribution in [0.2, 0.25) is 5.15 Å². The van der Waals surface area contributed by atoms with Gasteiger partial charge in [-0.05, 0) is 39.2 Å². The number of rotatable bonds is 5. The second-order valence-electron chi connectivity index (χ2n) is 3.75. The summed E-state index contributed by atoms with van der Waals surface area (Å²) in [7, 11) is 4.00. The Balaban J connectivity index is 2.39. The van der Waals surface area contributed by atoms with Crippen LogP contribution in [-0.4, -0.2) is 43.0 Å². The summed E-state index contributed by atoms with van der Waals surface area (Å²) in [5.74, 6) is -0.170. The fraction of sp³-hybridized carbons (Fsp3) is 0.455. The van der Waals surface area contributed by atoms with Gasteiger partial charge in [0.25, 0.3) is 5.91 Å². The Kier molecular flexibility index (Phi) is 5.22. The van der Waals surface area contributed by atoms with E-state index in [4.69, 9.17) is 11.6 Å². The van der Waals surface area contributed by atoms with E-state index >= 15 is 0 Å². The molecule has 4 nitrogen and oxygen atoms in total. The van der Waals surface area contributed by atoms with Crippen LogP contribution in [0.15, 0.2) is 18.3 Å². The van der Waals surface area contributed by atoms with Gasteiger partial charge >= 0.3 is 0 Å². The van der Waals surface area contributed by atoms with Gasteiger partial charge in [-0.25, -0.2) is 4.98 Å². The molecule has 0 fully saturated rings. The van der Waals surface area contributed by atoms with Crippen LogP contribution in [0.1, 0.15) is 16.8 Å². The topological polar surface area (TPSA) is 45.2 Å². The minimum Gasteiger partial charge on any atom is -0.352 e. The van der Waals surface area contributed by atoms with Crippen LogP contribution in [0.5, 0.6) is 0 Å². The molecule has 0 spiro atoms. The van der Waals surface area contributed by atoms with Crippen LogP contribution in [0.4, 0.5) is 0 Å². The normalized spacial score (nSPS) is 10.5. The fourth-order valence-corrected chi connectivity index (χ4v) is 1.45. The van der Waals surface area contributed by atoms with Gasteiger partial charge in [-0.2, -0.15) is 0 Å². The van der Waals surface area contributed by atoms with Gasteiger partial charge in [0.05, 0.1) is 5.56 Å². The van der Waals surface area contributed by atoms with Gasteiger partial charge in [0.1, 0.15) is 5.15 Å². The first-order valence-electron chi connectivity index (χ1n) is 5.14. The summed E-state index contributed by atoms with van der Waals surface area (Å²) in [6, 6.07) is 3.36. The molecule has 1 aromatic rings. The lowest BCUT2D eigenvalue weighted by Gasteiger charge is -2.10. The molecule has 0 saturated carbocycles. The summed E-state index contributed by atoms with van der Waals surface area (Å²) in [4.78, 5) is 17.6. The predicted octanol–water partition coefficient (Wildman–Crippen LogP) is 1.42. The lowest BCUT2D eigenvalue weighted by atomic mass is 10.2. The van der Waals surface area contributed by atoms with Crippen molar-refractivity contribution in [2.75, 3.05) is 27.2 Å². The number of carbonyl (C=O) groups is 1. The Morgan fingerprint density at radius 2 is 2.31 bits per heavy atom. The third-order valence-corrected chi connectivity index (χ3v) is 2.37. The lowest BCUT2D eigenvalue weighted by Crippen LogP contribution is -2.27. The number of hydrogen-bond donors (Lipinski definition) is 1. The van der Waals surface area contributed by atoms with Crippen LogP contribution in [-0.2, 0) is 0 Å². The van der Waals surface area contributed by atoms with Crippen molar-refractivity contribution in [3.63, 3.8) is 0 Å². The highest BCUT2D eigenvalue weighted by atomic mass is 35.5. The minimum atomic E-state index is -0.170. The highest BCUT2D eigenvalue weighted by molar-refractivity contribution is 6.32. The van der Waals surface area contributed by atoms with Gasteiger partial charge in [0.2, 0.25) is 0 Å². The van der Waals surface area contributed by atoms with Crippen molar-refractivity contribution in [1.82, 2.24) is 15.2 Å². The summed E-state index contributed by atoms with van der Waals surface area (Å²) >= 11 is 5.80. The molecular formula is C11H16ClN3O. The Labute approximate surface area is 101 Å². The molecule has 0 aliphatic rings. The molecule has 0 aliphatic carbocycles. The van der Waals surface area contributed by atoms with E-state index in [9.17, 15) is 4.79 Å². The summed E-state index contributed by atoms with van der Waals surface area (Å²) in [6.45, 7) is 1.59. The molecule has 88 valence electrons. The van der Waals surface area contributed by atoms with Crippen molar-refractivity contribution < 1.29 is 4.79 Å². The van der Waals surface area contributed by atoms with E-state index in [1.54, 1.807) is 18.3 Å². The van der Waals surface area contributed by atoms with Crippen molar-refractivity contribution in [2.45, 2.75) is 6.42 Å². The fourth-order valence-electron chi connectivity index (χ4n) is 1.25. The number of amides is 1. The maximum atomic E-state index is 11.7. The molecule has 1 rings (SSSR count). The van der Waals surface area contributed by atoms with Crippen LogP contribution in [0.3, 0.4) is 0 Å². The molecule has 1 aromatic heterocycles. The molecule has 16 heavy (non-hydrogen) atoms. The van der Waals surface area contributed by atoms with E-state index in [1.165, 1.54) is 0 Å². The van der Waals surface area contributed by atoms with E-state index in [0.717, 1.165) is 13.0 Å².